The zero-order valence-corrected chi connectivity index (χ0v) is 22.6. The van der Waals surface area contributed by atoms with Crippen molar-refractivity contribution in [3.05, 3.63) is 89.0 Å². The molecule has 2 saturated heterocycles. The van der Waals surface area contributed by atoms with Crippen LogP contribution in [0.15, 0.2) is 71.6 Å². The number of rotatable bonds is 5. The Bertz CT molecular complexity index is 1480. The lowest BCUT2D eigenvalue weighted by Crippen LogP contribution is -2.49. The highest BCUT2D eigenvalue weighted by Gasteiger charge is 2.36. The van der Waals surface area contributed by atoms with E-state index in [-0.39, 0.29) is 23.0 Å². The summed E-state index contributed by atoms with van der Waals surface area (Å²) in [5.74, 6) is -0.333. The molecule has 2 fully saturated rings. The number of hydrogen-bond donors (Lipinski definition) is 0. The monoisotopic (exact) mass is 533 g/mol. The van der Waals surface area contributed by atoms with Gasteiger partial charge < -0.3 is 14.5 Å². The second-order valence-corrected chi connectivity index (χ2v) is 11.9. The molecule has 0 bridgehead atoms. The number of anilines is 2. The molecule has 0 N–H and O–H groups in total. The SMILES string of the molecule is Cc1ccc(N2CCN(C(=O)c3ccc(N4C(=O)OC[C@H]4c4ccccc4)cc3S(C)(=O)=O)CC2)c(C)c1. The first kappa shape index (κ1) is 25.8. The van der Waals surface area contributed by atoms with Crippen LogP contribution in [0, 0.1) is 13.8 Å². The Kier molecular flexibility index (Phi) is 6.88. The Morgan fingerprint density at radius 1 is 0.921 bits per heavy atom. The summed E-state index contributed by atoms with van der Waals surface area (Å²) in [6.07, 6.45) is 0.526. The summed E-state index contributed by atoms with van der Waals surface area (Å²) in [4.78, 5) is 31.5. The van der Waals surface area contributed by atoms with Gasteiger partial charge in [-0.25, -0.2) is 13.2 Å². The third-order valence-corrected chi connectivity index (χ3v) is 8.33. The highest BCUT2D eigenvalue weighted by molar-refractivity contribution is 7.90. The van der Waals surface area contributed by atoms with Crippen LogP contribution in [-0.2, 0) is 14.6 Å². The maximum atomic E-state index is 13.5. The number of carbonyl (C=O) groups excluding carboxylic acids is 2. The maximum absolute atomic E-state index is 13.5. The van der Waals surface area contributed by atoms with E-state index in [0.29, 0.717) is 31.9 Å². The lowest BCUT2D eigenvalue weighted by Gasteiger charge is -2.37. The van der Waals surface area contributed by atoms with Gasteiger partial charge >= 0.3 is 6.09 Å². The van der Waals surface area contributed by atoms with Gasteiger partial charge in [-0.3, -0.25) is 9.69 Å². The Balaban J connectivity index is 1.40. The van der Waals surface area contributed by atoms with Crippen LogP contribution in [0.5, 0.6) is 0 Å². The van der Waals surface area contributed by atoms with Crippen molar-refractivity contribution >= 4 is 33.2 Å². The van der Waals surface area contributed by atoms with Gasteiger partial charge in [0, 0.05) is 43.8 Å². The van der Waals surface area contributed by atoms with Gasteiger partial charge in [-0.2, -0.15) is 0 Å². The number of ether oxygens (including phenoxy) is 1. The van der Waals surface area contributed by atoms with Crippen LogP contribution in [0.1, 0.15) is 33.1 Å². The molecular formula is C29H31N3O5S. The summed E-state index contributed by atoms with van der Waals surface area (Å²) in [7, 11) is -3.77. The van der Waals surface area contributed by atoms with Crippen molar-refractivity contribution in [3.8, 4) is 0 Å². The predicted octanol–water partition coefficient (Wildman–Crippen LogP) is 4.37. The minimum Gasteiger partial charge on any atom is -0.447 e. The Hall–Kier alpha value is -3.85. The second kappa shape index (κ2) is 10.1. The number of aryl methyl sites for hydroxylation is 2. The second-order valence-electron chi connectivity index (χ2n) is 9.90. The average Bonchev–Trinajstić information content (AvgIpc) is 3.29. The Morgan fingerprint density at radius 3 is 2.29 bits per heavy atom. The van der Waals surface area contributed by atoms with E-state index >= 15 is 0 Å². The third-order valence-electron chi connectivity index (χ3n) is 7.19. The lowest BCUT2D eigenvalue weighted by atomic mass is 10.1. The first-order valence-corrected chi connectivity index (χ1v) is 14.5. The molecule has 0 unspecified atom stereocenters. The topological polar surface area (TPSA) is 87.2 Å². The number of sulfone groups is 1. The van der Waals surface area contributed by atoms with Crippen molar-refractivity contribution in [2.45, 2.75) is 24.8 Å². The first-order valence-electron chi connectivity index (χ1n) is 12.6. The number of piperazine rings is 1. The molecule has 2 aliphatic heterocycles. The normalized spacial score (nSPS) is 18.0. The van der Waals surface area contributed by atoms with E-state index in [9.17, 15) is 18.0 Å². The highest BCUT2D eigenvalue weighted by atomic mass is 32.2. The summed E-state index contributed by atoms with van der Waals surface area (Å²) in [6, 6.07) is 19.9. The van der Waals surface area contributed by atoms with Crippen molar-refractivity contribution < 1.29 is 22.7 Å². The minimum atomic E-state index is -3.77. The van der Waals surface area contributed by atoms with Gasteiger partial charge in [-0.15, -0.1) is 0 Å². The summed E-state index contributed by atoms with van der Waals surface area (Å²) in [5.41, 5.74) is 4.90. The van der Waals surface area contributed by atoms with Gasteiger partial charge in [0.15, 0.2) is 9.84 Å². The molecule has 0 spiro atoms. The third kappa shape index (κ3) is 4.98. The molecule has 0 saturated carbocycles. The fourth-order valence-electron chi connectivity index (χ4n) is 5.25. The van der Waals surface area contributed by atoms with Gasteiger partial charge in [0.05, 0.1) is 16.5 Å². The zero-order valence-electron chi connectivity index (χ0n) is 21.8. The largest absolute Gasteiger partial charge is 0.447 e. The molecule has 38 heavy (non-hydrogen) atoms. The number of amides is 2. The summed E-state index contributed by atoms with van der Waals surface area (Å²) < 4.78 is 31.0. The van der Waals surface area contributed by atoms with Crippen molar-refractivity contribution in [1.29, 1.82) is 0 Å². The molecule has 0 radical (unpaired) electrons. The van der Waals surface area contributed by atoms with Crippen LogP contribution in [-0.4, -0.2) is 64.4 Å². The number of nitrogens with zero attached hydrogens (tertiary/aromatic N) is 3. The number of cyclic esters (lactones) is 1. The molecule has 8 nitrogen and oxygen atoms in total. The van der Waals surface area contributed by atoms with Crippen LogP contribution in [0.3, 0.4) is 0 Å². The molecule has 3 aromatic carbocycles. The van der Waals surface area contributed by atoms with Crippen LogP contribution >= 0.6 is 0 Å². The zero-order chi connectivity index (χ0) is 27.0. The van der Waals surface area contributed by atoms with E-state index in [1.165, 1.54) is 28.2 Å². The highest BCUT2D eigenvalue weighted by Crippen LogP contribution is 2.35. The fourth-order valence-corrected chi connectivity index (χ4v) is 6.14. The van der Waals surface area contributed by atoms with E-state index in [0.717, 1.165) is 17.5 Å². The predicted molar refractivity (Wildman–Crippen MR) is 147 cm³/mol. The molecule has 3 aromatic rings. The Labute approximate surface area is 223 Å². The van der Waals surface area contributed by atoms with E-state index < -0.39 is 22.0 Å². The quantitative estimate of drug-likeness (QED) is 0.484. The van der Waals surface area contributed by atoms with Crippen LogP contribution in [0.2, 0.25) is 0 Å². The van der Waals surface area contributed by atoms with Gasteiger partial charge in [0.1, 0.15) is 6.61 Å². The van der Waals surface area contributed by atoms with Gasteiger partial charge in [-0.1, -0.05) is 48.0 Å². The molecule has 5 rings (SSSR count). The lowest BCUT2D eigenvalue weighted by molar-refractivity contribution is 0.0743. The molecule has 1 atom stereocenters. The van der Waals surface area contributed by atoms with Gasteiger partial charge in [0.2, 0.25) is 0 Å². The number of hydrogen-bond acceptors (Lipinski definition) is 6. The molecule has 198 valence electrons. The van der Waals surface area contributed by atoms with Crippen LogP contribution in [0.4, 0.5) is 16.2 Å². The van der Waals surface area contributed by atoms with E-state index in [4.69, 9.17) is 4.74 Å². The summed E-state index contributed by atoms with van der Waals surface area (Å²) in [6.45, 7) is 6.56. The maximum Gasteiger partial charge on any atom is 0.415 e. The molecule has 2 aliphatic rings. The summed E-state index contributed by atoms with van der Waals surface area (Å²) in [5, 5.41) is 0. The van der Waals surface area contributed by atoms with Gasteiger partial charge in [0.25, 0.3) is 5.91 Å². The molecule has 2 amide bonds. The van der Waals surface area contributed by atoms with E-state index in [1.807, 2.05) is 30.3 Å². The molecule has 0 aliphatic carbocycles. The Morgan fingerprint density at radius 2 is 1.63 bits per heavy atom. The van der Waals surface area contributed by atoms with E-state index in [1.54, 1.807) is 11.0 Å². The standard InChI is InChI=1S/C29H31N3O5S/c1-20-9-12-25(21(2)17-20)30-13-15-31(16-14-30)28(33)24-11-10-23(18-27(24)38(3,35)36)32-26(19-37-29(32)34)22-7-5-4-6-8-22/h4-12,17-18,26H,13-16,19H2,1-3H3/t26-/m0/s1. The van der Waals surface area contributed by atoms with Crippen LogP contribution in [0.25, 0.3) is 0 Å². The van der Waals surface area contributed by atoms with Crippen LogP contribution < -0.4 is 9.80 Å². The average molecular weight is 534 g/mol. The van der Waals surface area contributed by atoms with Crippen molar-refractivity contribution in [1.82, 2.24) is 4.90 Å². The van der Waals surface area contributed by atoms with E-state index in [2.05, 4.69) is 36.9 Å². The number of benzene rings is 3. The minimum absolute atomic E-state index is 0.0941. The van der Waals surface area contributed by atoms with Crippen molar-refractivity contribution in [2.75, 3.05) is 48.8 Å². The smallest absolute Gasteiger partial charge is 0.415 e. The van der Waals surface area contributed by atoms with Gasteiger partial charge in [-0.05, 0) is 49.2 Å². The van der Waals surface area contributed by atoms with Crippen molar-refractivity contribution in [3.63, 3.8) is 0 Å². The number of carbonyl (C=O) groups is 2. The first-order chi connectivity index (χ1) is 18.1. The van der Waals surface area contributed by atoms with Crippen molar-refractivity contribution in [2.24, 2.45) is 0 Å². The molecule has 0 aromatic heterocycles. The molecule has 9 heteroatoms. The fraction of sp³-hybridized carbons (Fsp3) is 0.310. The molecular weight excluding hydrogens is 502 g/mol. The summed E-state index contributed by atoms with van der Waals surface area (Å²) >= 11 is 0. The molecule has 2 heterocycles.